The highest BCUT2D eigenvalue weighted by atomic mass is 79.9. The zero-order chi connectivity index (χ0) is 30.6. The van der Waals surface area contributed by atoms with E-state index >= 15 is 0 Å². The van der Waals surface area contributed by atoms with Gasteiger partial charge in [-0.15, -0.1) is 0 Å². The summed E-state index contributed by atoms with van der Waals surface area (Å²) < 4.78 is 2.16. The fourth-order valence-corrected chi connectivity index (χ4v) is 6.33. The van der Waals surface area contributed by atoms with E-state index in [0.717, 1.165) is 8.95 Å². The molecule has 0 unspecified atom stereocenters. The molecule has 0 aliphatic carbocycles. The van der Waals surface area contributed by atoms with Crippen LogP contribution in [0.4, 0.5) is 11.4 Å². The number of hydrogen-bond acceptors (Lipinski definition) is 2. The number of halogens is 2. The van der Waals surface area contributed by atoms with E-state index in [9.17, 15) is 0 Å². The first-order valence-electron chi connectivity index (χ1n) is 15.3. The number of para-hydroxylation sites is 2. The number of rotatable bonds is 11. The summed E-state index contributed by atoms with van der Waals surface area (Å²) in [5.74, 6) is 1.57. The molecule has 2 N–H and O–H groups in total. The third-order valence-electron chi connectivity index (χ3n) is 8.14. The Morgan fingerprint density at radius 2 is 0.667 bits per heavy atom. The van der Waals surface area contributed by atoms with Gasteiger partial charge in [0.25, 0.3) is 0 Å². The van der Waals surface area contributed by atoms with Crippen molar-refractivity contribution in [3.63, 3.8) is 0 Å². The molecule has 0 saturated heterocycles. The van der Waals surface area contributed by atoms with E-state index in [2.05, 4.69) is 183 Å². The molecule has 0 saturated carbocycles. The molecule has 2 nitrogen and oxygen atoms in total. The number of benzene rings is 4. The molecule has 0 fully saturated rings. The van der Waals surface area contributed by atoms with Gasteiger partial charge in [0.15, 0.2) is 0 Å². The first-order chi connectivity index (χ1) is 20.0. The van der Waals surface area contributed by atoms with Crippen LogP contribution >= 0.6 is 31.9 Å². The third-order valence-corrected chi connectivity index (χ3v) is 9.19. The molecule has 0 aromatic heterocycles. The SMILES string of the molecule is CC(C)c1cccc(C(C)C)c1N[C@@H](c1ccc(Br)cc1)[C@@H](Nc1c(C(C)C)cccc1C(C)C)c1ccc(Br)cc1. The van der Waals surface area contributed by atoms with Gasteiger partial charge in [0.1, 0.15) is 0 Å². The molecule has 0 amide bonds. The van der Waals surface area contributed by atoms with E-state index in [-0.39, 0.29) is 12.1 Å². The van der Waals surface area contributed by atoms with Gasteiger partial charge in [-0.3, -0.25) is 0 Å². The Morgan fingerprint density at radius 1 is 0.405 bits per heavy atom. The van der Waals surface area contributed by atoms with Gasteiger partial charge in [-0.25, -0.2) is 0 Å². The smallest absolute Gasteiger partial charge is 0.0757 e. The van der Waals surface area contributed by atoms with Crippen molar-refractivity contribution in [1.82, 2.24) is 0 Å². The maximum Gasteiger partial charge on any atom is 0.0757 e. The lowest BCUT2D eigenvalue weighted by molar-refractivity contribution is 0.641. The molecule has 4 aromatic carbocycles. The van der Waals surface area contributed by atoms with Crippen LogP contribution in [0.25, 0.3) is 0 Å². The zero-order valence-electron chi connectivity index (χ0n) is 26.3. The summed E-state index contributed by atoms with van der Waals surface area (Å²) in [7, 11) is 0. The van der Waals surface area contributed by atoms with Crippen LogP contribution < -0.4 is 10.6 Å². The first kappa shape index (κ1) is 32.4. The Hall–Kier alpha value is -2.56. The lowest BCUT2D eigenvalue weighted by Crippen LogP contribution is -2.28. The summed E-state index contributed by atoms with van der Waals surface area (Å²) in [6.07, 6.45) is 0. The Morgan fingerprint density at radius 3 is 0.905 bits per heavy atom. The van der Waals surface area contributed by atoms with Crippen LogP contribution in [-0.2, 0) is 0 Å². The fraction of sp³-hybridized carbons (Fsp3) is 0.368. The van der Waals surface area contributed by atoms with Crippen LogP contribution in [0.2, 0.25) is 0 Å². The summed E-state index contributed by atoms with van der Waals surface area (Å²) in [5, 5.41) is 8.31. The minimum atomic E-state index is -0.0445. The predicted octanol–water partition coefficient (Wildman–Crippen LogP) is 12.7. The van der Waals surface area contributed by atoms with E-state index in [1.165, 1.54) is 44.8 Å². The van der Waals surface area contributed by atoms with Gasteiger partial charge >= 0.3 is 0 Å². The molecule has 42 heavy (non-hydrogen) atoms. The highest BCUT2D eigenvalue weighted by Gasteiger charge is 2.29. The average molecular weight is 691 g/mol. The summed E-state index contributed by atoms with van der Waals surface area (Å²) in [4.78, 5) is 0. The number of hydrogen-bond donors (Lipinski definition) is 2. The molecule has 4 aromatic rings. The van der Waals surface area contributed by atoms with Gasteiger partial charge in [-0.05, 0) is 81.3 Å². The average Bonchev–Trinajstić information content (AvgIpc) is 2.95. The first-order valence-corrected chi connectivity index (χ1v) is 16.9. The Balaban J connectivity index is 1.98. The molecule has 0 spiro atoms. The van der Waals surface area contributed by atoms with Crippen LogP contribution in [-0.4, -0.2) is 0 Å². The normalized spacial score (nSPS) is 13.2. The lowest BCUT2D eigenvalue weighted by Gasteiger charge is -2.35. The van der Waals surface area contributed by atoms with E-state index in [1.54, 1.807) is 0 Å². The van der Waals surface area contributed by atoms with Gasteiger partial charge in [0, 0.05) is 20.3 Å². The Kier molecular flexibility index (Phi) is 11.0. The predicted molar refractivity (Wildman–Crippen MR) is 190 cm³/mol. The van der Waals surface area contributed by atoms with Crippen molar-refractivity contribution < 1.29 is 0 Å². The van der Waals surface area contributed by atoms with Crippen molar-refractivity contribution in [2.24, 2.45) is 0 Å². The second kappa shape index (κ2) is 14.3. The minimum absolute atomic E-state index is 0.0445. The van der Waals surface area contributed by atoms with Crippen molar-refractivity contribution in [2.45, 2.75) is 91.1 Å². The second-order valence-corrected chi connectivity index (χ2v) is 14.4. The van der Waals surface area contributed by atoms with Crippen LogP contribution in [0.1, 0.15) is 125 Å². The maximum absolute atomic E-state index is 4.16. The molecule has 0 heterocycles. The van der Waals surface area contributed by atoms with E-state index in [1.807, 2.05) is 0 Å². The lowest BCUT2D eigenvalue weighted by atomic mass is 9.87. The summed E-state index contributed by atoms with van der Waals surface area (Å²) >= 11 is 7.35. The van der Waals surface area contributed by atoms with E-state index < -0.39 is 0 Å². The van der Waals surface area contributed by atoms with Crippen LogP contribution in [0.15, 0.2) is 93.9 Å². The van der Waals surface area contributed by atoms with E-state index in [4.69, 9.17) is 0 Å². The Labute approximate surface area is 271 Å². The number of anilines is 2. The third kappa shape index (κ3) is 7.50. The Bertz CT molecular complexity index is 1290. The van der Waals surface area contributed by atoms with Crippen molar-refractivity contribution in [1.29, 1.82) is 0 Å². The highest BCUT2D eigenvalue weighted by Crippen LogP contribution is 2.43. The standard InChI is InChI=1S/C38H46Br2N2/c1-23(2)31-11-9-12-32(24(3)4)37(31)41-35(27-15-19-29(39)20-16-27)36(28-17-21-30(40)22-18-28)42-38-33(25(5)6)13-10-14-34(38)26(7)8/h9-26,35-36,41-42H,1-8H3/t35-,36-/m0/s1. The van der Waals surface area contributed by atoms with Crippen LogP contribution in [0.3, 0.4) is 0 Å². The van der Waals surface area contributed by atoms with Crippen LogP contribution in [0, 0.1) is 0 Å². The van der Waals surface area contributed by atoms with Gasteiger partial charge in [-0.1, -0.05) is 148 Å². The molecule has 222 valence electrons. The molecule has 0 bridgehead atoms. The largest absolute Gasteiger partial charge is 0.375 e. The van der Waals surface area contributed by atoms with Crippen molar-refractivity contribution in [2.75, 3.05) is 10.6 Å². The van der Waals surface area contributed by atoms with Gasteiger partial charge in [0.05, 0.1) is 12.1 Å². The van der Waals surface area contributed by atoms with Gasteiger partial charge < -0.3 is 10.6 Å². The summed E-state index contributed by atoms with van der Waals surface area (Å²) in [5.41, 5.74) is 10.4. The molecular formula is C38H46Br2N2. The highest BCUT2D eigenvalue weighted by molar-refractivity contribution is 9.10. The van der Waals surface area contributed by atoms with Crippen molar-refractivity contribution in [3.05, 3.63) is 127 Å². The molecule has 4 rings (SSSR count). The minimum Gasteiger partial charge on any atom is -0.375 e. The zero-order valence-corrected chi connectivity index (χ0v) is 29.5. The van der Waals surface area contributed by atoms with Gasteiger partial charge in [-0.2, -0.15) is 0 Å². The van der Waals surface area contributed by atoms with Crippen LogP contribution in [0.5, 0.6) is 0 Å². The summed E-state index contributed by atoms with van der Waals surface area (Å²) in [6, 6.07) is 31.1. The topological polar surface area (TPSA) is 24.1 Å². The number of nitrogens with one attached hydrogen (secondary N) is 2. The second-order valence-electron chi connectivity index (χ2n) is 12.6. The fourth-order valence-electron chi connectivity index (χ4n) is 5.80. The maximum atomic E-state index is 4.16. The quantitative estimate of drug-likeness (QED) is 0.164. The molecule has 4 heteroatoms. The summed E-state index contributed by atoms with van der Waals surface area (Å²) in [6.45, 7) is 18.3. The van der Waals surface area contributed by atoms with Crippen molar-refractivity contribution >= 4 is 43.2 Å². The van der Waals surface area contributed by atoms with Gasteiger partial charge in [0.2, 0.25) is 0 Å². The molecule has 0 aliphatic heterocycles. The molecule has 0 radical (unpaired) electrons. The van der Waals surface area contributed by atoms with E-state index in [0.29, 0.717) is 23.7 Å². The monoisotopic (exact) mass is 688 g/mol. The molecular weight excluding hydrogens is 644 g/mol. The molecule has 0 aliphatic rings. The molecule has 2 atom stereocenters. The van der Waals surface area contributed by atoms with Crippen molar-refractivity contribution in [3.8, 4) is 0 Å².